The molecule has 122 valence electrons. The summed E-state index contributed by atoms with van der Waals surface area (Å²) in [6.45, 7) is 21.6. The number of unbranched alkanes of at least 4 members (excludes halogenated alkanes) is 7. The average molecular weight is 319 g/mol. The van der Waals surface area contributed by atoms with Crippen molar-refractivity contribution >= 4 is 46.1 Å². The van der Waals surface area contributed by atoms with Gasteiger partial charge in [0.25, 0.3) is 0 Å². The molecule has 0 N–H and O–H groups in total. The summed E-state index contributed by atoms with van der Waals surface area (Å²) < 4.78 is 0. The van der Waals surface area contributed by atoms with Crippen molar-refractivity contribution in [2.75, 3.05) is 0 Å². The Morgan fingerprint density at radius 3 is 0.857 bits per heavy atom. The van der Waals surface area contributed by atoms with Crippen LogP contribution in [-0.4, -0.2) is 46.1 Å². The van der Waals surface area contributed by atoms with Crippen LogP contribution in [0.2, 0.25) is 0 Å². The third-order valence-corrected chi connectivity index (χ3v) is 2.06. The molecule has 0 unspecified atom stereocenters. The van der Waals surface area contributed by atoms with Gasteiger partial charge in [-0.2, -0.15) is 33.1 Å². The molecule has 0 rings (SSSR count). The smallest absolute Gasteiger partial charge is 0.343 e. The number of hydrogen-bond donors (Lipinski definition) is 0. The quantitative estimate of drug-likeness (QED) is 0.272. The van der Waals surface area contributed by atoms with E-state index < -0.39 is 0 Å². The molecule has 0 aliphatic carbocycles. The van der Waals surface area contributed by atoms with E-state index in [2.05, 4.69) is 41.5 Å². The van der Waals surface area contributed by atoms with Crippen molar-refractivity contribution in [3.05, 3.63) is 27.2 Å². The third kappa shape index (κ3) is 113. The molecule has 0 bridgehead atoms. The minimum atomic E-state index is 0. The van der Waals surface area contributed by atoms with E-state index in [-0.39, 0.29) is 46.1 Å². The van der Waals surface area contributed by atoms with Gasteiger partial charge in [-0.15, -0.1) is 0 Å². The van der Waals surface area contributed by atoms with Crippen LogP contribution in [0.5, 0.6) is 0 Å². The molecule has 0 heterocycles. The molecule has 0 aromatic carbocycles. The standard InChI is InChI=1S/2C6H13.C4H9.C3H7.2Mg/c2*1-3-5-6-4-2;1-3-4-2;1-3-2;;/h2*1,3-6H2,2H3;1,3-4H2,2H3;3H,1-2H3;;/q4*-1;2*+2. The van der Waals surface area contributed by atoms with Gasteiger partial charge in [0, 0.05) is 0 Å². The van der Waals surface area contributed by atoms with Crippen LogP contribution in [-0.2, 0) is 0 Å². The SMILES string of the molecule is C[CH-]C.[CH2-]CCC.[CH2-]CCCCC.[CH2-]CCCCC.[Mg+2].[Mg+2]. The Bertz CT molecular complexity index is 67.6. The summed E-state index contributed by atoms with van der Waals surface area (Å²) in [6.07, 6.45) is 14.4. The van der Waals surface area contributed by atoms with E-state index in [1.807, 2.05) is 20.3 Å². The maximum absolute atomic E-state index is 3.72. The van der Waals surface area contributed by atoms with Gasteiger partial charge < -0.3 is 27.2 Å². The molecular weight excluding hydrogens is 277 g/mol. The van der Waals surface area contributed by atoms with Gasteiger partial charge in [-0.25, -0.2) is 0 Å². The van der Waals surface area contributed by atoms with Crippen molar-refractivity contribution in [2.45, 2.75) is 98.8 Å². The summed E-state index contributed by atoms with van der Waals surface area (Å²) in [5.74, 6) is 0. The van der Waals surface area contributed by atoms with Crippen molar-refractivity contribution in [2.24, 2.45) is 0 Å². The molecule has 0 aromatic rings. The Labute approximate surface area is 171 Å². The summed E-state index contributed by atoms with van der Waals surface area (Å²) in [7, 11) is 0. The van der Waals surface area contributed by atoms with Gasteiger partial charge in [0.1, 0.15) is 0 Å². The molecule has 0 atom stereocenters. The average Bonchev–Trinajstić information content (AvgIpc) is 2.44. The van der Waals surface area contributed by atoms with Gasteiger partial charge in [0.15, 0.2) is 0 Å². The molecule has 21 heavy (non-hydrogen) atoms. The van der Waals surface area contributed by atoms with Crippen LogP contribution < -0.4 is 0 Å². The Balaban J connectivity index is -0.0000000358. The summed E-state index contributed by atoms with van der Waals surface area (Å²) >= 11 is 0. The Kier molecular flexibility index (Phi) is 105. The van der Waals surface area contributed by atoms with Crippen LogP contribution >= 0.6 is 0 Å². The molecule has 0 fully saturated rings. The fourth-order valence-corrected chi connectivity index (χ4v) is 0.854. The molecule has 0 spiro atoms. The molecule has 0 saturated carbocycles. The molecular formula is C19H42Mg2. The van der Waals surface area contributed by atoms with E-state index in [0.29, 0.717) is 0 Å². The first-order chi connectivity index (χ1) is 9.16. The van der Waals surface area contributed by atoms with Gasteiger partial charge in [0.05, 0.1) is 0 Å². The minimum absolute atomic E-state index is 0. The van der Waals surface area contributed by atoms with E-state index in [4.69, 9.17) is 0 Å². The molecule has 0 aliphatic heterocycles. The van der Waals surface area contributed by atoms with Gasteiger partial charge in [-0.3, -0.25) is 0 Å². The number of hydrogen-bond acceptors (Lipinski definition) is 0. The van der Waals surface area contributed by atoms with Crippen LogP contribution in [0.1, 0.15) is 98.8 Å². The first kappa shape index (κ1) is 38.2. The second-order valence-electron chi connectivity index (χ2n) is 4.55. The van der Waals surface area contributed by atoms with Gasteiger partial charge in [0.2, 0.25) is 0 Å². The Morgan fingerprint density at radius 1 is 0.571 bits per heavy atom. The van der Waals surface area contributed by atoms with Crippen molar-refractivity contribution < 1.29 is 0 Å². The normalized spacial score (nSPS) is 7.43. The maximum Gasteiger partial charge on any atom is 2.00 e. The largest absolute Gasteiger partial charge is 2.00 e. The van der Waals surface area contributed by atoms with Crippen molar-refractivity contribution in [1.82, 2.24) is 0 Å². The second-order valence-corrected chi connectivity index (χ2v) is 4.55. The van der Waals surface area contributed by atoms with Crippen LogP contribution in [0.25, 0.3) is 0 Å². The fourth-order valence-electron chi connectivity index (χ4n) is 0.854. The van der Waals surface area contributed by atoms with Gasteiger partial charge in [-0.05, 0) is 0 Å². The summed E-state index contributed by atoms with van der Waals surface area (Å²) in [4.78, 5) is 0. The van der Waals surface area contributed by atoms with Gasteiger partial charge >= 0.3 is 46.1 Å². The first-order valence-corrected chi connectivity index (χ1v) is 8.28. The predicted molar refractivity (Wildman–Crippen MR) is 106 cm³/mol. The van der Waals surface area contributed by atoms with E-state index in [1.165, 1.54) is 44.9 Å². The third-order valence-electron chi connectivity index (χ3n) is 2.06. The van der Waals surface area contributed by atoms with Gasteiger partial charge in [-0.1, -0.05) is 65.7 Å². The van der Waals surface area contributed by atoms with Crippen molar-refractivity contribution in [3.8, 4) is 0 Å². The van der Waals surface area contributed by atoms with E-state index in [1.54, 1.807) is 0 Å². The summed E-state index contributed by atoms with van der Waals surface area (Å²) in [6, 6.07) is 0. The monoisotopic (exact) mass is 318 g/mol. The molecule has 0 amide bonds. The summed E-state index contributed by atoms with van der Waals surface area (Å²) in [5, 5.41) is 0. The maximum atomic E-state index is 3.72. The second kappa shape index (κ2) is 57.8. The fraction of sp³-hybridized carbons (Fsp3) is 0.789. The zero-order valence-corrected chi connectivity index (χ0v) is 19.0. The topological polar surface area (TPSA) is 0 Å². The Hall–Kier alpha value is 1.53. The molecule has 0 aromatic heterocycles. The number of rotatable bonds is 7. The zero-order valence-electron chi connectivity index (χ0n) is 16.2. The van der Waals surface area contributed by atoms with Crippen LogP contribution in [0.3, 0.4) is 0 Å². The zero-order chi connectivity index (χ0) is 15.8. The first-order valence-electron chi connectivity index (χ1n) is 8.28. The summed E-state index contributed by atoms with van der Waals surface area (Å²) in [5.41, 5.74) is 0. The van der Waals surface area contributed by atoms with Crippen LogP contribution in [0, 0.1) is 27.2 Å². The molecule has 0 nitrogen and oxygen atoms in total. The van der Waals surface area contributed by atoms with Crippen molar-refractivity contribution in [1.29, 1.82) is 0 Å². The molecule has 0 saturated heterocycles. The van der Waals surface area contributed by atoms with Crippen LogP contribution in [0.15, 0.2) is 0 Å². The van der Waals surface area contributed by atoms with Crippen molar-refractivity contribution in [3.63, 3.8) is 0 Å². The van der Waals surface area contributed by atoms with E-state index in [9.17, 15) is 0 Å². The molecule has 0 radical (unpaired) electrons. The predicted octanol–water partition coefficient (Wildman–Crippen LogP) is 6.89. The van der Waals surface area contributed by atoms with Crippen LogP contribution in [0.4, 0.5) is 0 Å². The Morgan fingerprint density at radius 2 is 0.810 bits per heavy atom. The van der Waals surface area contributed by atoms with E-state index in [0.717, 1.165) is 19.3 Å². The van der Waals surface area contributed by atoms with E-state index >= 15 is 0 Å². The molecule has 2 heteroatoms. The minimum Gasteiger partial charge on any atom is -0.343 e. The molecule has 0 aliphatic rings.